The Hall–Kier alpha value is -3.68. The number of carbonyl (C=O) groups is 1. The maximum Gasteiger partial charge on any atom is 0.252 e. The summed E-state index contributed by atoms with van der Waals surface area (Å²) in [7, 11) is 1.91. The van der Waals surface area contributed by atoms with E-state index in [-0.39, 0.29) is 11.9 Å². The van der Waals surface area contributed by atoms with Gasteiger partial charge in [-0.05, 0) is 6.07 Å². The summed E-state index contributed by atoms with van der Waals surface area (Å²) in [5, 5.41) is 16.7. The average molecular weight is 373 g/mol. The molecule has 5 rings (SSSR count). The molecular weight excluding hydrogens is 354 g/mol. The molecule has 1 unspecified atom stereocenters. The number of aromatic nitrogens is 5. The van der Waals surface area contributed by atoms with Crippen LogP contribution < -0.4 is 10.6 Å². The highest BCUT2D eigenvalue weighted by Gasteiger charge is 2.27. The third-order valence-electron chi connectivity index (χ3n) is 4.82. The Kier molecular flexibility index (Phi) is 3.82. The van der Waals surface area contributed by atoms with E-state index >= 15 is 0 Å². The van der Waals surface area contributed by atoms with Gasteiger partial charge in [-0.2, -0.15) is 14.8 Å². The lowest BCUT2D eigenvalue weighted by molar-refractivity contribution is 0.0874. The van der Waals surface area contributed by atoms with Crippen molar-refractivity contribution >= 4 is 28.4 Å². The number of nitrogens with zero attached hydrogens (tertiary/aromatic N) is 5. The molecule has 1 aliphatic rings. The highest BCUT2D eigenvalue weighted by atomic mass is 16.2. The van der Waals surface area contributed by atoms with Crippen LogP contribution in [0.1, 0.15) is 11.2 Å². The topological polar surface area (TPSA) is 89.7 Å². The van der Waals surface area contributed by atoms with Crippen molar-refractivity contribution < 1.29 is 4.79 Å². The van der Waals surface area contributed by atoms with Crippen LogP contribution in [0.4, 0.5) is 11.6 Å². The molecule has 0 amide bonds. The van der Waals surface area contributed by atoms with Gasteiger partial charge >= 0.3 is 0 Å². The van der Waals surface area contributed by atoms with Gasteiger partial charge in [-0.25, -0.2) is 0 Å². The summed E-state index contributed by atoms with van der Waals surface area (Å²) in [5.74, 6) is 0.965. The zero-order valence-electron chi connectivity index (χ0n) is 15.3. The van der Waals surface area contributed by atoms with Crippen LogP contribution in [0.25, 0.3) is 22.3 Å². The molecule has 28 heavy (non-hydrogen) atoms. The van der Waals surface area contributed by atoms with E-state index in [9.17, 15) is 4.79 Å². The molecular formula is C20H19N7O. The fourth-order valence-corrected chi connectivity index (χ4v) is 3.48. The number of benzene rings is 2. The van der Waals surface area contributed by atoms with E-state index in [2.05, 4.69) is 25.8 Å². The lowest BCUT2D eigenvalue weighted by Crippen LogP contribution is -2.38. The number of nitrogens with one attached hydrogen (secondary N) is 2. The standard InChI is InChI=1S/C20H19N7O/c1-26-12-14-8-5-9-16(18(14)24-26)21-11-15-10-17(28)27-20(22-15)23-19(25-27)13-6-3-2-4-7-13/h2-9,12,15,21H,10-11H2,1H3,(H,22,23,25). The predicted octanol–water partition coefficient (Wildman–Crippen LogP) is 2.77. The van der Waals surface area contributed by atoms with Crippen LogP contribution in [0.15, 0.2) is 54.7 Å². The monoisotopic (exact) mass is 373 g/mol. The van der Waals surface area contributed by atoms with Crippen molar-refractivity contribution in [2.24, 2.45) is 7.05 Å². The van der Waals surface area contributed by atoms with Crippen LogP contribution in [0.2, 0.25) is 0 Å². The highest BCUT2D eigenvalue weighted by molar-refractivity contribution is 5.90. The van der Waals surface area contributed by atoms with Gasteiger partial charge in [-0.3, -0.25) is 9.48 Å². The number of rotatable bonds is 4. The van der Waals surface area contributed by atoms with Crippen molar-refractivity contribution in [3.63, 3.8) is 0 Å². The van der Waals surface area contributed by atoms with Gasteiger partial charge in [0.05, 0.1) is 18.2 Å². The minimum atomic E-state index is -0.0770. The second-order valence-electron chi connectivity index (χ2n) is 6.90. The molecule has 140 valence electrons. The number of hydrogen-bond acceptors (Lipinski definition) is 6. The second-order valence-corrected chi connectivity index (χ2v) is 6.90. The largest absolute Gasteiger partial charge is 0.381 e. The Labute approximate surface area is 161 Å². The zero-order chi connectivity index (χ0) is 19.1. The Morgan fingerprint density at radius 2 is 2.00 bits per heavy atom. The molecule has 2 N–H and O–H groups in total. The van der Waals surface area contributed by atoms with Gasteiger partial charge in [0, 0.05) is 30.7 Å². The van der Waals surface area contributed by atoms with Gasteiger partial charge in [0.25, 0.3) is 5.91 Å². The van der Waals surface area contributed by atoms with Crippen molar-refractivity contribution in [1.82, 2.24) is 24.5 Å². The minimum Gasteiger partial charge on any atom is -0.381 e. The second kappa shape index (κ2) is 6.49. The first kappa shape index (κ1) is 16.5. The van der Waals surface area contributed by atoms with E-state index in [4.69, 9.17) is 0 Å². The summed E-state index contributed by atoms with van der Waals surface area (Å²) in [6, 6.07) is 15.6. The Morgan fingerprint density at radius 3 is 2.86 bits per heavy atom. The van der Waals surface area contributed by atoms with E-state index in [0.717, 1.165) is 22.2 Å². The SMILES string of the molecule is Cn1cc2cccc(NCC3CC(=O)n4nc(-c5ccccc5)nc4N3)c2n1. The first-order valence-electron chi connectivity index (χ1n) is 9.16. The molecule has 8 nitrogen and oxygen atoms in total. The molecule has 0 aliphatic carbocycles. The maximum absolute atomic E-state index is 12.5. The van der Waals surface area contributed by atoms with Crippen LogP contribution in [0, 0.1) is 0 Å². The lowest BCUT2D eigenvalue weighted by Gasteiger charge is -2.23. The van der Waals surface area contributed by atoms with Gasteiger partial charge < -0.3 is 10.6 Å². The fraction of sp³-hybridized carbons (Fsp3) is 0.200. The molecule has 0 radical (unpaired) electrons. The third kappa shape index (κ3) is 2.88. The first-order valence-corrected chi connectivity index (χ1v) is 9.16. The minimum absolute atomic E-state index is 0.0636. The summed E-state index contributed by atoms with van der Waals surface area (Å²) in [6.07, 6.45) is 2.33. The number of fused-ring (bicyclic) bond motifs is 2. The maximum atomic E-state index is 12.5. The summed E-state index contributed by atoms with van der Waals surface area (Å²) in [6.45, 7) is 0.578. The average Bonchev–Trinajstić information content (AvgIpc) is 3.30. The lowest BCUT2D eigenvalue weighted by atomic mass is 10.1. The Bertz CT molecular complexity index is 1160. The van der Waals surface area contributed by atoms with Crippen molar-refractivity contribution in [2.75, 3.05) is 17.2 Å². The van der Waals surface area contributed by atoms with E-state index in [1.54, 1.807) is 4.68 Å². The molecule has 1 atom stereocenters. The number of carbonyl (C=O) groups excluding carboxylic acids is 1. The van der Waals surface area contributed by atoms with Gasteiger partial charge in [-0.15, -0.1) is 5.10 Å². The van der Waals surface area contributed by atoms with Crippen LogP contribution in [-0.2, 0) is 7.05 Å². The smallest absolute Gasteiger partial charge is 0.252 e. The summed E-state index contributed by atoms with van der Waals surface area (Å²) < 4.78 is 3.16. The molecule has 0 bridgehead atoms. The van der Waals surface area contributed by atoms with Crippen molar-refractivity contribution in [3.8, 4) is 11.4 Å². The van der Waals surface area contributed by atoms with E-state index in [1.165, 1.54) is 4.68 Å². The molecule has 1 aliphatic heterocycles. The van der Waals surface area contributed by atoms with Crippen LogP contribution in [0.5, 0.6) is 0 Å². The highest BCUT2D eigenvalue weighted by Crippen LogP contribution is 2.24. The normalized spacial score (nSPS) is 16.0. The molecule has 0 fully saturated rings. The first-order chi connectivity index (χ1) is 13.7. The van der Waals surface area contributed by atoms with E-state index in [1.807, 2.05) is 61.8 Å². The summed E-state index contributed by atoms with van der Waals surface area (Å²) in [5.41, 5.74) is 2.75. The molecule has 0 spiro atoms. The Balaban J connectivity index is 1.35. The van der Waals surface area contributed by atoms with E-state index in [0.29, 0.717) is 24.7 Å². The summed E-state index contributed by atoms with van der Waals surface area (Å²) in [4.78, 5) is 17.1. The number of hydrogen-bond donors (Lipinski definition) is 2. The van der Waals surface area contributed by atoms with Gasteiger partial charge in [0.15, 0.2) is 5.82 Å². The Morgan fingerprint density at radius 1 is 1.14 bits per heavy atom. The van der Waals surface area contributed by atoms with Crippen molar-refractivity contribution in [1.29, 1.82) is 0 Å². The number of anilines is 2. The zero-order valence-corrected chi connectivity index (χ0v) is 15.3. The van der Waals surface area contributed by atoms with Gasteiger partial charge in [0.1, 0.15) is 5.52 Å². The van der Waals surface area contributed by atoms with Crippen molar-refractivity contribution in [3.05, 3.63) is 54.7 Å². The molecule has 3 heterocycles. The predicted molar refractivity (Wildman–Crippen MR) is 107 cm³/mol. The fourth-order valence-electron chi connectivity index (χ4n) is 3.48. The van der Waals surface area contributed by atoms with Gasteiger partial charge in [0.2, 0.25) is 5.95 Å². The summed E-state index contributed by atoms with van der Waals surface area (Å²) >= 11 is 0. The van der Waals surface area contributed by atoms with Gasteiger partial charge in [-0.1, -0.05) is 42.5 Å². The van der Waals surface area contributed by atoms with E-state index < -0.39 is 0 Å². The third-order valence-corrected chi connectivity index (χ3v) is 4.82. The molecule has 2 aromatic carbocycles. The van der Waals surface area contributed by atoms with Crippen molar-refractivity contribution in [2.45, 2.75) is 12.5 Å². The van der Waals surface area contributed by atoms with Crippen LogP contribution in [0.3, 0.4) is 0 Å². The van der Waals surface area contributed by atoms with Crippen LogP contribution >= 0.6 is 0 Å². The molecule has 2 aromatic heterocycles. The number of aryl methyl sites for hydroxylation is 1. The molecule has 0 saturated heterocycles. The van der Waals surface area contributed by atoms with Crippen LogP contribution in [-0.4, -0.2) is 43.0 Å². The molecule has 4 aromatic rings. The molecule has 8 heteroatoms. The molecule has 0 saturated carbocycles. The quantitative estimate of drug-likeness (QED) is 0.572.